The molecule has 0 fully saturated rings. The second-order valence-corrected chi connectivity index (χ2v) is 10.1. The monoisotopic (exact) mass is 480 g/mol. The molecule has 2 N–H and O–H groups in total. The Morgan fingerprint density at radius 1 is 1.03 bits per heavy atom. The highest BCUT2D eigenvalue weighted by molar-refractivity contribution is 5.80. The molecule has 0 saturated heterocycles. The van der Waals surface area contributed by atoms with Gasteiger partial charge < -0.3 is 24.4 Å². The van der Waals surface area contributed by atoms with E-state index in [2.05, 4.69) is 20.8 Å². The third-order valence-corrected chi connectivity index (χ3v) is 5.99. The van der Waals surface area contributed by atoms with Crippen LogP contribution in [0.2, 0.25) is 0 Å². The van der Waals surface area contributed by atoms with Crippen LogP contribution in [-0.4, -0.2) is 47.1 Å². The molecule has 0 aromatic heterocycles. The molecule has 1 aromatic rings. The van der Waals surface area contributed by atoms with Crippen molar-refractivity contribution in [3.63, 3.8) is 0 Å². The van der Waals surface area contributed by atoms with Gasteiger partial charge in [-0.15, -0.1) is 0 Å². The van der Waals surface area contributed by atoms with Gasteiger partial charge in [-0.1, -0.05) is 13.8 Å². The topological polar surface area (TPSA) is 102 Å². The molecule has 7 heteroatoms. The molecule has 1 atom stereocenters. The van der Waals surface area contributed by atoms with Crippen LogP contribution in [0.4, 0.5) is 0 Å². The SMILES string of the molecule is CC(C)CCO.Cc1c(C)c2c(c(C)c1OC(=O)CCC(=O)OC(C)(C)CCO)CC[C@@H](C)O2. The molecule has 0 bridgehead atoms. The lowest BCUT2D eigenvalue weighted by atomic mass is 9.92. The van der Waals surface area contributed by atoms with Crippen molar-refractivity contribution in [1.29, 1.82) is 0 Å². The summed E-state index contributed by atoms with van der Waals surface area (Å²) in [5.41, 5.74) is 3.12. The Bertz CT molecular complexity index is 827. The van der Waals surface area contributed by atoms with E-state index in [9.17, 15) is 9.59 Å². The van der Waals surface area contributed by atoms with E-state index < -0.39 is 17.5 Å². The zero-order valence-corrected chi connectivity index (χ0v) is 22.2. The van der Waals surface area contributed by atoms with Crippen molar-refractivity contribution >= 4 is 11.9 Å². The highest BCUT2D eigenvalue weighted by atomic mass is 16.6. The maximum absolute atomic E-state index is 12.3. The highest BCUT2D eigenvalue weighted by Gasteiger charge is 2.26. The summed E-state index contributed by atoms with van der Waals surface area (Å²) < 4.78 is 17.0. The molecule has 0 amide bonds. The second-order valence-electron chi connectivity index (χ2n) is 10.1. The molecule has 0 unspecified atom stereocenters. The quantitative estimate of drug-likeness (QED) is 0.389. The Hall–Kier alpha value is -2.12. The first-order valence-electron chi connectivity index (χ1n) is 12.3. The molecule has 34 heavy (non-hydrogen) atoms. The van der Waals surface area contributed by atoms with Gasteiger partial charge in [0.25, 0.3) is 0 Å². The minimum Gasteiger partial charge on any atom is -0.490 e. The lowest BCUT2D eigenvalue weighted by molar-refractivity contribution is -0.159. The number of hydrogen-bond donors (Lipinski definition) is 2. The molecule has 1 aliphatic heterocycles. The van der Waals surface area contributed by atoms with Gasteiger partial charge in [0.15, 0.2) is 0 Å². The highest BCUT2D eigenvalue weighted by Crippen LogP contribution is 2.41. The molecule has 7 nitrogen and oxygen atoms in total. The van der Waals surface area contributed by atoms with Crippen LogP contribution in [0.25, 0.3) is 0 Å². The third kappa shape index (κ3) is 9.26. The van der Waals surface area contributed by atoms with Gasteiger partial charge in [0.1, 0.15) is 17.1 Å². The number of benzene rings is 1. The number of esters is 2. The fraction of sp³-hybridized carbons (Fsp3) is 0.704. The zero-order valence-electron chi connectivity index (χ0n) is 22.2. The van der Waals surface area contributed by atoms with E-state index in [1.54, 1.807) is 13.8 Å². The van der Waals surface area contributed by atoms with Crippen molar-refractivity contribution in [1.82, 2.24) is 0 Å². The van der Waals surface area contributed by atoms with Gasteiger partial charge in [-0.05, 0) is 83.4 Å². The maximum Gasteiger partial charge on any atom is 0.311 e. The van der Waals surface area contributed by atoms with Gasteiger partial charge in [-0.2, -0.15) is 0 Å². The van der Waals surface area contributed by atoms with Gasteiger partial charge in [0.05, 0.1) is 18.9 Å². The van der Waals surface area contributed by atoms with Crippen LogP contribution in [-0.2, 0) is 20.7 Å². The Morgan fingerprint density at radius 2 is 1.65 bits per heavy atom. The number of fused-ring (bicyclic) bond motifs is 1. The largest absolute Gasteiger partial charge is 0.490 e. The Labute approximate surface area is 204 Å². The van der Waals surface area contributed by atoms with E-state index in [-0.39, 0.29) is 25.6 Å². The van der Waals surface area contributed by atoms with Gasteiger partial charge >= 0.3 is 11.9 Å². The minimum absolute atomic E-state index is 0.0589. The van der Waals surface area contributed by atoms with Crippen molar-refractivity contribution in [3.8, 4) is 11.5 Å². The van der Waals surface area contributed by atoms with Crippen molar-refractivity contribution in [2.45, 2.75) is 106 Å². The molecule has 0 saturated carbocycles. The van der Waals surface area contributed by atoms with Crippen LogP contribution in [0.3, 0.4) is 0 Å². The fourth-order valence-electron chi connectivity index (χ4n) is 3.68. The van der Waals surface area contributed by atoms with Crippen molar-refractivity contribution in [2.24, 2.45) is 5.92 Å². The van der Waals surface area contributed by atoms with E-state index in [0.29, 0.717) is 24.7 Å². The van der Waals surface area contributed by atoms with E-state index in [0.717, 1.165) is 47.3 Å². The number of ether oxygens (including phenoxy) is 3. The van der Waals surface area contributed by atoms with Gasteiger partial charge in [-0.25, -0.2) is 0 Å². The van der Waals surface area contributed by atoms with E-state index >= 15 is 0 Å². The summed E-state index contributed by atoms with van der Waals surface area (Å²) in [4.78, 5) is 24.3. The average Bonchev–Trinajstić information content (AvgIpc) is 2.73. The van der Waals surface area contributed by atoms with Crippen LogP contribution in [0, 0.1) is 26.7 Å². The molecule has 1 heterocycles. The number of hydrogen-bond acceptors (Lipinski definition) is 7. The number of aliphatic hydroxyl groups is 2. The lowest BCUT2D eigenvalue weighted by Gasteiger charge is -2.28. The van der Waals surface area contributed by atoms with Gasteiger partial charge in [-0.3, -0.25) is 9.59 Å². The third-order valence-electron chi connectivity index (χ3n) is 5.99. The molecule has 0 spiro atoms. The smallest absolute Gasteiger partial charge is 0.311 e. The molecule has 0 aliphatic carbocycles. The summed E-state index contributed by atoms with van der Waals surface area (Å²) in [5.74, 6) is 1.17. The second kappa shape index (κ2) is 13.7. The molecule has 1 aliphatic rings. The van der Waals surface area contributed by atoms with Gasteiger partial charge in [0.2, 0.25) is 0 Å². The lowest BCUT2D eigenvalue weighted by Crippen LogP contribution is -2.29. The van der Waals surface area contributed by atoms with Crippen molar-refractivity contribution < 1.29 is 34.0 Å². The number of aliphatic hydroxyl groups excluding tert-OH is 2. The molecule has 2 rings (SSSR count). The van der Waals surface area contributed by atoms with Crippen LogP contribution in [0.5, 0.6) is 11.5 Å². The first-order chi connectivity index (χ1) is 15.8. The molecule has 194 valence electrons. The summed E-state index contributed by atoms with van der Waals surface area (Å²) in [6.07, 6.45) is 3.16. The maximum atomic E-state index is 12.3. The molecular formula is C27H44O7. The summed E-state index contributed by atoms with van der Waals surface area (Å²) in [6, 6.07) is 0. The van der Waals surface area contributed by atoms with Crippen molar-refractivity contribution in [2.75, 3.05) is 13.2 Å². The number of carbonyl (C=O) groups excluding carboxylic acids is 2. The molecular weight excluding hydrogens is 436 g/mol. The predicted molar refractivity (Wildman–Crippen MR) is 132 cm³/mol. The van der Waals surface area contributed by atoms with Crippen LogP contribution in [0.15, 0.2) is 0 Å². The standard InChI is InChI=1S/C22H32O6.C5H12O/c1-13-7-8-17-16(4)20(14(2)15(3)21(17)26-13)27-18(24)9-10-19(25)28-22(5,6)11-12-23;1-5(2)3-4-6/h13,23H,7-12H2,1-6H3;5-6H,3-4H2,1-2H3/t13-;/m1./s1. The van der Waals surface area contributed by atoms with Crippen LogP contribution < -0.4 is 9.47 Å². The summed E-state index contributed by atoms with van der Waals surface area (Å²) in [5, 5.41) is 17.2. The van der Waals surface area contributed by atoms with E-state index in [4.69, 9.17) is 24.4 Å². The number of rotatable bonds is 9. The Morgan fingerprint density at radius 3 is 2.18 bits per heavy atom. The number of carbonyl (C=O) groups is 2. The predicted octanol–water partition coefficient (Wildman–Crippen LogP) is 4.74. The van der Waals surface area contributed by atoms with E-state index in [1.807, 2.05) is 20.8 Å². The summed E-state index contributed by atoms with van der Waals surface area (Å²) >= 11 is 0. The average molecular weight is 481 g/mol. The Balaban J connectivity index is 0.000000852. The molecule has 1 aromatic carbocycles. The Kier molecular flexibility index (Phi) is 12.0. The molecule has 0 radical (unpaired) electrons. The summed E-state index contributed by atoms with van der Waals surface area (Å²) in [6.45, 7) is 15.8. The normalized spacial score (nSPS) is 15.1. The summed E-state index contributed by atoms with van der Waals surface area (Å²) in [7, 11) is 0. The van der Waals surface area contributed by atoms with Crippen LogP contribution in [0.1, 0.15) is 89.0 Å². The van der Waals surface area contributed by atoms with Crippen molar-refractivity contribution in [3.05, 3.63) is 22.3 Å². The fourth-order valence-corrected chi connectivity index (χ4v) is 3.68. The first kappa shape index (κ1) is 29.9. The van der Waals surface area contributed by atoms with E-state index in [1.165, 1.54) is 0 Å². The first-order valence-corrected chi connectivity index (χ1v) is 12.3. The zero-order chi connectivity index (χ0) is 26.1. The van der Waals surface area contributed by atoms with Crippen LogP contribution >= 0.6 is 0 Å². The van der Waals surface area contributed by atoms with Gasteiger partial charge in [0, 0.05) is 25.2 Å². The minimum atomic E-state index is -0.754.